The summed E-state index contributed by atoms with van der Waals surface area (Å²) in [6.07, 6.45) is 3.48. The number of aliphatic hydroxyl groups excluding tert-OH is 2. The molecule has 11 rings (SSSR count). The fourth-order valence-electron chi connectivity index (χ4n) is 12.2. The van der Waals surface area contributed by atoms with Gasteiger partial charge in [-0.3, -0.25) is 4.79 Å². The summed E-state index contributed by atoms with van der Waals surface area (Å²) in [6.45, 7) is 11.0. The molecule has 13 nitrogen and oxygen atoms in total. The SMILES string of the molecule is C=C1C(C)CC2CCC3OC(CC[C@@]45CC6OC7C(O4)[C@H]4OC(CCC4O[C@H]7C6O5)CC(=O)OC4[C@H](CC1O2)O[C@H]1CC(O)C(CCO)O[C@H]1[C@@H]4C)CC3C. The van der Waals surface area contributed by atoms with E-state index in [1.54, 1.807) is 0 Å². The highest BCUT2D eigenvalue weighted by Gasteiger charge is 2.69. The van der Waals surface area contributed by atoms with Gasteiger partial charge in [-0.15, -0.1) is 0 Å². The third-order valence-electron chi connectivity index (χ3n) is 15.2. The average Bonchev–Trinajstić information content (AvgIpc) is 3.74. The van der Waals surface area contributed by atoms with Gasteiger partial charge in [-0.25, -0.2) is 0 Å². The summed E-state index contributed by atoms with van der Waals surface area (Å²) in [6, 6.07) is 0. The minimum Gasteiger partial charge on any atom is -0.459 e. The summed E-state index contributed by atoms with van der Waals surface area (Å²) < 4.78 is 67.1. The van der Waals surface area contributed by atoms with Gasteiger partial charge >= 0.3 is 5.97 Å². The molecule has 0 amide bonds. The maximum Gasteiger partial charge on any atom is 0.308 e. The number of aliphatic hydroxyl groups is 2. The first kappa shape index (κ1) is 38.0. The Morgan fingerprint density at radius 2 is 1.42 bits per heavy atom. The Morgan fingerprint density at radius 1 is 0.673 bits per heavy atom. The monoisotopic (exact) mass is 774 g/mol. The van der Waals surface area contributed by atoms with Gasteiger partial charge in [0.05, 0.1) is 79.7 Å². The number of rotatable bonds is 2. The zero-order valence-corrected chi connectivity index (χ0v) is 32.6. The molecule has 2 N–H and O–H groups in total. The Balaban J connectivity index is 0.933. The molecule has 0 aromatic heterocycles. The van der Waals surface area contributed by atoms with E-state index in [1.807, 2.05) is 6.92 Å². The standard InChI is InChI=1S/C42H62O13/c1-19-13-23-5-7-27-20(2)14-25(46-27)9-11-42-18-33-38(54-42)39-40(52-33)41(55-42)37-29(51-39)8-6-24(48-37)15-34(45)53-36-22(4)35-31(16-26(44)28(50-35)10-12-43)49-32(36)17-30(47-23)21(19)3/h19-20,22-33,35-41,43-44H,3,5-18H2,1-2,4H3/t19?,20?,22-,23?,24?,25?,26?,27?,28?,29?,30?,31-,32-,33?,35-,36?,37-,38?,39-,40?,41?,42-/m0/s1. The Bertz CT molecular complexity index is 1450. The second-order valence-corrected chi connectivity index (χ2v) is 18.9. The normalized spacial score (nSPS) is 56.3. The fourth-order valence-corrected chi connectivity index (χ4v) is 12.2. The van der Waals surface area contributed by atoms with Gasteiger partial charge in [0, 0.05) is 38.2 Å². The molecule has 12 bridgehead atoms. The summed E-state index contributed by atoms with van der Waals surface area (Å²) in [4.78, 5) is 14.0. The largest absolute Gasteiger partial charge is 0.459 e. The molecule has 11 saturated heterocycles. The molecule has 308 valence electrons. The van der Waals surface area contributed by atoms with Crippen molar-refractivity contribution in [2.24, 2.45) is 17.8 Å². The topological polar surface area (TPSA) is 150 Å². The van der Waals surface area contributed by atoms with Crippen molar-refractivity contribution in [2.45, 2.75) is 220 Å². The third-order valence-corrected chi connectivity index (χ3v) is 15.2. The Morgan fingerprint density at radius 3 is 2.27 bits per heavy atom. The summed E-state index contributed by atoms with van der Waals surface area (Å²) in [7, 11) is 0. The highest BCUT2D eigenvalue weighted by Crippen LogP contribution is 2.54. The number of hydrogen-bond donors (Lipinski definition) is 2. The minimum atomic E-state index is -0.778. The first-order valence-electron chi connectivity index (χ1n) is 21.7. The van der Waals surface area contributed by atoms with E-state index in [2.05, 4.69) is 20.4 Å². The lowest BCUT2D eigenvalue weighted by atomic mass is 9.79. The number of carbonyl (C=O) groups is 1. The second kappa shape index (κ2) is 14.8. The molecule has 0 aromatic carbocycles. The molecule has 13 heteroatoms. The molecule has 0 radical (unpaired) electrons. The van der Waals surface area contributed by atoms with Gasteiger partial charge in [-0.1, -0.05) is 27.4 Å². The lowest BCUT2D eigenvalue weighted by molar-refractivity contribution is -0.293. The minimum absolute atomic E-state index is 0.0439. The molecule has 22 atom stereocenters. The lowest BCUT2D eigenvalue weighted by Gasteiger charge is -2.51. The van der Waals surface area contributed by atoms with Crippen LogP contribution in [0.5, 0.6) is 0 Å². The summed E-state index contributed by atoms with van der Waals surface area (Å²) in [5.41, 5.74) is 1.03. The summed E-state index contributed by atoms with van der Waals surface area (Å²) in [5.74, 6) is -0.671. The van der Waals surface area contributed by atoms with Crippen LogP contribution in [0.3, 0.4) is 0 Å². The Hall–Kier alpha value is -1.23. The van der Waals surface area contributed by atoms with Crippen molar-refractivity contribution >= 4 is 5.97 Å². The van der Waals surface area contributed by atoms with Crippen LogP contribution in [-0.4, -0.2) is 138 Å². The maximum atomic E-state index is 14.0. The maximum absolute atomic E-state index is 14.0. The smallest absolute Gasteiger partial charge is 0.308 e. The van der Waals surface area contributed by atoms with Gasteiger partial charge in [0.1, 0.15) is 36.6 Å². The van der Waals surface area contributed by atoms with Crippen molar-refractivity contribution in [3.63, 3.8) is 0 Å². The van der Waals surface area contributed by atoms with E-state index < -0.39 is 42.4 Å². The van der Waals surface area contributed by atoms with Gasteiger partial charge in [-0.2, -0.15) is 0 Å². The van der Waals surface area contributed by atoms with Gasteiger partial charge in [0.15, 0.2) is 5.79 Å². The molecular weight excluding hydrogens is 712 g/mol. The molecule has 11 aliphatic rings. The summed E-state index contributed by atoms with van der Waals surface area (Å²) in [5, 5.41) is 20.6. The van der Waals surface area contributed by atoms with Crippen LogP contribution in [0.25, 0.3) is 0 Å². The van der Waals surface area contributed by atoms with Gasteiger partial charge in [0.2, 0.25) is 0 Å². The zero-order chi connectivity index (χ0) is 37.7. The van der Waals surface area contributed by atoms with Crippen LogP contribution in [0.1, 0.15) is 104 Å². The van der Waals surface area contributed by atoms with Crippen LogP contribution in [0.4, 0.5) is 0 Å². The molecule has 11 aliphatic heterocycles. The Labute approximate surface area is 324 Å². The van der Waals surface area contributed by atoms with Crippen molar-refractivity contribution in [2.75, 3.05) is 6.61 Å². The predicted molar refractivity (Wildman–Crippen MR) is 193 cm³/mol. The number of hydrogen-bond acceptors (Lipinski definition) is 13. The van der Waals surface area contributed by atoms with Crippen LogP contribution in [-0.2, 0) is 52.2 Å². The number of esters is 1. The fraction of sp³-hybridized carbons (Fsp3) is 0.929. The van der Waals surface area contributed by atoms with Crippen LogP contribution in [0.2, 0.25) is 0 Å². The highest BCUT2D eigenvalue weighted by atomic mass is 16.8. The molecule has 15 unspecified atom stereocenters. The average molecular weight is 775 g/mol. The summed E-state index contributed by atoms with van der Waals surface area (Å²) >= 11 is 0. The molecule has 55 heavy (non-hydrogen) atoms. The van der Waals surface area contributed by atoms with Crippen LogP contribution in [0, 0.1) is 17.8 Å². The van der Waals surface area contributed by atoms with Gasteiger partial charge in [-0.05, 0) is 68.8 Å². The number of ether oxygens (including phenoxy) is 10. The van der Waals surface area contributed by atoms with Crippen molar-refractivity contribution < 1.29 is 62.4 Å². The molecule has 0 saturated carbocycles. The Kier molecular flexibility index (Phi) is 10.2. The lowest BCUT2D eigenvalue weighted by Crippen LogP contribution is -2.62. The van der Waals surface area contributed by atoms with Crippen LogP contribution >= 0.6 is 0 Å². The molecular formula is C42H62O13. The second-order valence-electron chi connectivity index (χ2n) is 18.9. The van der Waals surface area contributed by atoms with Crippen molar-refractivity contribution in [3.05, 3.63) is 12.2 Å². The van der Waals surface area contributed by atoms with Crippen molar-refractivity contribution in [1.29, 1.82) is 0 Å². The van der Waals surface area contributed by atoms with E-state index in [-0.39, 0.29) is 104 Å². The molecule has 0 aromatic rings. The van der Waals surface area contributed by atoms with E-state index in [9.17, 15) is 15.0 Å². The van der Waals surface area contributed by atoms with E-state index >= 15 is 0 Å². The van der Waals surface area contributed by atoms with Crippen LogP contribution in [0.15, 0.2) is 12.2 Å². The van der Waals surface area contributed by atoms with Gasteiger partial charge in [0.25, 0.3) is 0 Å². The molecule has 1 spiro atoms. The van der Waals surface area contributed by atoms with E-state index in [0.29, 0.717) is 38.0 Å². The number of fused-ring (bicyclic) bond motifs is 7. The van der Waals surface area contributed by atoms with Crippen molar-refractivity contribution in [3.8, 4) is 0 Å². The predicted octanol–water partition coefficient (Wildman–Crippen LogP) is 3.67. The van der Waals surface area contributed by atoms with E-state index in [4.69, 9.17) is 47.4 Å². The molecule has 11 fully saturated rings. The quantitative estimate of drug-likeness (QED) is 0.311. The van der Waals surface area contributed by atoms with Gasteiger partial charge < -0.3 is 57.6 Å². The van der Waals surface area contributed by atoms with Crippen molar-refractivity contribution in [1.82, 2.24) is 0 Å². The highest BCUT2D eigenvalue weighted by molar-refractivity contribution is 5.70. The third kappa shape index (κ3) is 6.86. The molecule has 0 aliphatic carbocycles. The van der Waals surface area contributed by atoms with E-state index in [1.165, 1.54) is 0 Å². The number of carbonyl (C=O) groups excluding carboxylic acids is 1. The first-order chi connectivity index (χ1) is 26.5. The molecule has 11 heterocycles. The first-order valence-corrected chi connectivity index (χ1v) is 21.7. The zero-order valence-electron chi connectivity index (χ0n) is 32.6. The van der Waals surface area contributed by atoms with Crippen LogP contribution < -0.4 is 0 Å². The van der Waals surface area contributed by atoms with E-state index in [0.717, 1.165) is 50.5 Å².